The van der Waals surface area contributed by atoms with Gasteiger partial charge in [-0.25, -0.2) is 0 Å². The van der Waals surface area contributed by atoms with Crippen LogP contribution >= 0.6 is 0 Å². The minimum absolute atomic E-state index is 0.198. The minimum atomic E-state index is -0.198. The highest BCUT2D eigenvalue weighted by atomic mass is 16.7. The third-order valence-electron chi connectivity index (χ3n) is 4.78. The molecule has 1 N–H and O–H groups in total. The van der Waals surface area contributed by atoms with Crippen molar-refractivity contribution in [1.29, 1.82) is 0 Å². The van der Waals surface area contributed by atoms with E-state index in [1.807, 2.05) is 0 Å². The molecule has 4 heteroatoms. The lowest BCUT2D eigenvalue weighted by Gasteiger charge is -2.30. The van der Waals surface area contributed by atoms with Crippen LogP contribution in [0.5, 0.6) is 0 Å². The van der Waals surface area contributed by atoms with E-state index in [1.54, 1.807) is 0 Å². The van der Waals surface area contributed by atoms with Gasteiger partial charge in [0.1, 0.15) is 0 Å². The molecule has 2 atom stereocenters. The van der Waals surface area contributed by atoms with Gasteiger partial charge in [0.05, 0.1) is 12.7 Å². The predicted molar refractivity (Wildman–Crippen MR) is 75.2 cm³/mol. The Kier molecular flexibility index (Phi) is 4.42. The minimum Gasteiger partial charge on any atom is -0.347 e. The SMILES string of the molecule is CCCN(CC1COC2(CCCC2)O1)C1CCNC1. The molecule has 1 spiro atoms. The van der Waals surface area contributed by atoms with Crippen molar-refractivity contribution in [2.24, 2.45) is 0 Å². The molecule has 3 fully saturated rings. The standard InChI is InChI=1S/C15H28N2O2/c1-2-9-17(13-5-8-16-10-13)11-14-12-18-15(19-14)6-3-4-7-15/h13-14,16H,2-12H2,1H3. The molecular formula is C15H28N2O2. The van der Waals surface area contributed by atoms with Gasteiger partial charge in [-0.2, -0.15) is 0 Å². The van der Waals surface area contributed by atoms with Crippen LogP contribution in [0, 0.1) is 0 Å². The zero-order valence-electron chi connectivity index (χ0n) is 12.2. The van der Waals surface area contributed by atoms with Crippen LogP contribution in [0.3, 0.4) is 0 Å². The van der Waals surface area contributed by atoms with Crippen molar-refractivity contribution in [1.82, 2.24) is 10.2 Å². The maximum absolute atomic E-state index is 6.26. The quantitative estimate of drug-likeness (QED) is 0.823. The van der Waals surface area contributed by atoms with Gasteiger partial charge in [-0.15, -0.1) is 0 Å². The van der Waals surface area contributed by atoms with Gasteiger partial charge in [0, 0.05) is 32.0 Å². The van der Waals surface area contributed by atoms with E-state index in [4.69, 9.17) is 9.47 Å². The average molecular weight is 268 g/mol. The lowest BCUT2D eigenvalue weighted by atomic mass is 10.2. The summed E-state index contributed by atoms with van der Waals surface area (Å²) >= 11 is 0. The molecule has 2 unspecified atom stereocenters. The van der Waals surface area contributed by atoms with Crippen molar-refractivity contribution < 1.29 is 9.47 Å². The van der Waals surface area contributed by atoms with Crippen molar-refractivity contribution in [2.75, 3.05) is 32.8 Å². The first-order valence-corrected chi connectivity index (χ1v) is 8.08. The van der Waals surface area contributed by atoms with Crippen LogP contribution in [0.2, 0.25) is 0 Å². The van der Waals surface area contributed by atoms with E-state index in [1.165, 1.54) is 32.2 Å². The number of hydrogen-bond donors (Lipinski definition) is 1. The first-order valence-electron chi connectivity index (χ1n) is 8.08. The predicted octanol–water partition coefficient (Wildman–Crippen LogP) is 1.75. The summed E-state index contributed by atoms with van der Waals surface area (Å²) in [5.74, 6) is -0.198. The molecule has 0 aromatic heterocycles. The van der Waals surface area contributed by atoms with E-state index < -0.39 is 0 Å². The lowest BCUT2D eigenvalue weighted by molar-refractivity contribution is -0.163. The second-order valence-corrected chi connectivity index (χ2v) is 6.31. The zero-order valence-corrected chi connectivity index (χ0v) is 12.2. The highest BCUT2D eigenvalue weighted by Gasteiger charge is 2.44. The Hall–Kier alpha value is -0.160. The Morgan fingerprint density at radius 3 is 2.84 bits per heavy atom. The molecule has 0 aromatic rings. The number of ether oxygens (including phenoxy) is 2. The van der Waals surface area contributed by atoms with Crippen LogP contribution in [0.15, 0.2) is 0 Å². The van der Waals surface area contributed by atoms with Gasteiger partial charge in [0.25, 0.3) is 0 Å². The Balaban J connectivity index is 1.53. The molecule has 0 radical (unpaired) electrons. The molecule has 0 amide bonds. The second-order valence-electron chi connectivity index (χ2n) is 6.31. The highest BCUT2D eigenvalue weighted by molar-refractivity contribution is 4.87. The van der Waals surface area contributed by atoms with Crippen molar-refractivity contribution in [3.05, 3.63) is 0 Å². The summed E-state index contributed by atoms with van der Waals surface area (Å²) < 4.78 is 12.3. The van der Waals surface area contributed by atoms with Crippen molar-refractivity contribution in [2.45, 2.75) is 63.4 Å². The fourth-order valence-electron chi connectivity index (χ4n) is 3.81. The van der Waals surface area contributed by atoms with Gasteiger partial charge in [-0.1, -0.05) is 6.92 Å². The van der Waals surface area contributed by atoms with Gasteiger partial charge in [0.15, 0.2) is 5.79 Å². The maximum Gasteiger partial charge on any atom is 0.168 e. The zero-order chi connectivity index (χ0) is 13.1. The molecule has 4 nitrogen and oxygen atoms in total. The van der Waals surface area contributed by atoms with Gasteiger partial charge in [0.2, 0.25) is 0 Å². The largest absolute Gasteiger partial charge is 0.347 e. The van der Waals surface area contributed by atoms with Crippen LogP contribution < -0.4 is 5.32 Å². The van der Waals surface area contributed by atoms with Crippen LogP contribution in [0.1, 0.15) is 45.4 Å². The topological polar surface area (TPSA) is 33.7 Å². The molecule has 2 saturated heterocycles. The molecule has 19 heavy (non-hydrogen) atoms. The summed E-state index contributed by atoms with van der Waals surface area (Å²) in [5, 5.41) is 3.47. The third-order valence-corrected chi connectivity index (χ3v) is 4.78. The summed E-state index contributed by atoms with van der Waals surface area (Å²) in [7, 11) is 0. The Morgan fingerprint density at radius 1 is 1.32 bits per heavy atom. The van der Waals surface area contributed by atoms with E-state index in [0.29, 0.717) is 6.04 Å². The molecule has 110 valence electrons. The van der Waals surface area contributed by atoms with Crippen LogP contribution in [0.25, 0.3) is 0 Å². The number of hydrogen-bond acceptors (Lipinski definition) is 4. The van der Waals surface area contributed by atoms with E-state index in [2.05, 4.69) is 17.1 Å². The summed E-state index contributed by atoms with van der Waals surface area (Å²) in [6.07, 6.45) is 7.50. The highest BCUT2D eigenvalue weighted by Crippen LogP contribution is 2.39. The fourth-order valence-corrected chi connectivity index (χ4v) is 3.81. The van der Waals surface area contributed by atoms with E-state index in [9.17, 15) is 0 Å². The molecule has 3 aliphatic rings. The molecule has 2 heterocycles. The van der Waals surface area contributed by atoms with Crippen molar-refractivity contribution in [3.8, 4) is 0 Å². The number of nitrogens with one attached hydrogen (secondary N) is 1. The fraction of sp³-hybridized carbons (Fsp3) is 1.00. The van der Waals surface area contributed by atoms with Crippen LogP contribution in [-0.2, 0) is 9.47 Å². The summed E-state index contributed by atoms with van der Waals surface area (Å²) in [4.78, 5) is 2.61. The number of rotatable bonds is 5. The third kappa shape index (κ3) is 3.13. The van der Waals surface area contributed by atoms with Crippen molar-refractivity contribution in [3.63, 3.8) is 0 Å². The van der Waals surface area contributed by atoms with E-state index in [-0.39, 0.29) is 11.9 Å². The normalized spacial score (nSPS) is 33.8. The molecular weight excluding hydrogens is 240 g/mol. The molecule has 3 rings (SSSR count). The Bertz CT molecular complexity index is 286. The summed E-state index contributed by atoms with van der Waals surface area (Å²) in [6, 6.07) is 0.698. The van der Waals surface area contributed by atoms with E-state index >= 15 is 0 Å². The average Bonchev–Trinajstić information content (AvgIpc) is 3.14. The first-order chi connectivity index (χ1) is 9.31. The van der Waals surface area contributed by atoms with Crippen LogP contribution in [-0.4, -0.2) is 55.6 Å². The summed E-state index contributed by atoms with van der Waals surface area (Å²) in [6.45, 7) is 7.58. The van der Waals surface area contributed by atoms with Gasteiger partial charge in [-0.3, -0.25) is 4.90 Å². The Morgan fingerprint density at radius 2 is 2.16 bits per heavy atom. The second kappa shape index (κ2) is 6.08. The van der Waals surface area contributed by atoms with Crippen molar-refractivity contribution >= 4 is 0 Å². The van der Waals surface area contributed by atoms with Gasteiger partial charge < -0.3 is 14.8 Å². The lowest BCUT2D eigenvalue weighted by Crippen LogP contribution is -2.43. The molecule has 1 aliphatic carbocycles. The maximum atomic E-state index is 6.26. The molecule has 0 bridgehead atoms. The first kappa shape index (κ1) is 13.8. The smallest absolute Gasteiger partial charge is 0.168 e. The monoisotopic (exact) mass is 268 g/mol. The van der Waals surface area contributed by atoms with E-state index in [0.717, 1.165) is 39.1 Å². The summed E-state index contributed by atoms with van der Waals surface area (Å²) in [5.41, 5.74) is 0. The molecule has 2 aliphatic heterocycles. The Labute approximate surface area is 116 Å². The molecule has 0 aromatic carbocycles. The molecule has 1 saturated carbocycles. The van der Waals surface area contributed by atoms with Gasteiger partial charge >= 0.3 is 0 Å². The number of nitrogens with zero attached hydrogens (tertiary/aromatic N) is 1. The van der Waals surface area contributed by atoms with Crippen LogP contribution in [0.4, 0.5) is 0 Å². The van der Waals surface area contributed by atoms with Gasteiger partial charge in [-0.05, 0) is 38.8 Å².